The van der Waals surface area contributed by atoms with Gasteiger partial charge >= 0.3 is 5.97 Å². The number of carboxylic acid groups (broad SMARTS) is 1. The van der Waals surface area contributed by atoms with Gasteiger partial charge in [-0.3, -0.25) is 4.79 Å². The molecule has 2 rings (SSSR count). The van der Waals surface area contributed by atoms with Crippen LogP contribution in [-0.2, 0) is 4.79 Å². The summed E-state index contributed by atoms with van der Waals surface area (Å²) < 4.78 is 0. The van der Waals surface area contributed by atoms with Gasteiger partial charge in [-0.2, -0.15) is 0 Å². The maximum Gasteiger partial charge on any atom is 0.303 e. The fourth-order valence-corrected chi connectivity index (χ4v) is 2.64. The Balaban J connectivity index is 2.33. The van der Waals surface area contributed by atoms with E-state index in [1.54, 1.807) is 0 Å². The summed E-state index contributed by atoms with van der Waals surface area (Å²) in [5.74, 6) is -0.820. The van der Waals surface area contributed by atoms with Crippen molar-refractivity contribution in [3.8, 4) is 11.1 Å². The van der Waals surface area contributed by atoms with Gasteiger partial charge in [0.25, 0.3) is 0 Å². The second kappa shape index (κ2) is 7.32. The number of hydrogen-bond donors (Lipinski definition) is 1. The number of benzene rings is 2. The number of hydrogen-bond acceptors (Lipinski definition) is 2. The minimum absolute atomic E-state index is 0.0753. The highest BCUT2D eigenvalue weighted by Crippen LogP contribution is 2.35. The molecular formula is C18H20ClNO2. The average Bonchev–Trinajstić information content (AvgIpc) is 2.52. The summed E-state index contributed by atoms with van der Waals surface area (Å²) in [7, 11) is 3.98. The molecule has 1 unspecified atom stereocenters. The van der Waals surface area contributed by atoms with E-state index in [1.165, 1.54) is 0 Å². The highest BCUT2D eigenvalue weighted by Gasteiger charge is 2.14. The highest BCUT2D eigenvalue weighted by molar-refractivity contribution is 6.21. The minimum Gasteiger partial charge on any atom is -0.481 e. The van der Waals surface area contributed by atoms with Crippen LogP contribution in [0.4, 0.5) is 5.69 Å². The lowest BCUT2D eigenvalue weighted by Gasteiger charge is -2.20. The second-order valence-corrected chi connectivity index (χ2v) is 5.96. The smallest absolute Gasteiger partial charge is 0.303 e. The van der Waals surface area contributed by atoms with Crippen molar-refractivity contribution in [3.63, 3.8) is 0 Å². The van der Waals surface area contributed by atoms with Gasteiger partial charge in [-0.25, -0.2) is 0 Å². The molecule has 0 amide bonds. The molecule has 0 aliphatic rings. The van der Waals surface area contributed by atoms with E-state index in [9.17, 15) is 4.79 Å². The Hall–Kier alpha value is -2.00. The predicted octanol–water partition coefficient (Wildman–Crippen LogP) is 4.56. The van der Waals surface area contributed by atoms with Gasteiger partial charge in [-0.15, -0.1) is 11.6 Å². The van der Waals surface area contributed by atoms with E-state index in [1.807, 2.05) is 49.3 Å². The normalized spacial score (nSPS) is 12.0. The van der Waals surface area contributed by atoms with Crippen LogP contribution in [-0.4, -0.2) is 25.2 Å². The lowest BCUT2D eigenvalue weighted by atomic mass is 9.98. The zero-order valence-electron chi connectivity index (χ0n) is 12.8. The lowest BCUT2D eigenvalue weighted by molar-refractivity contribution is -0.137. The van der Waals surface area contributed by atoms with Crippen LogP contribution in [0.2, 0.25) is 0 Å². The van der Waals surface area contributed by atoms with Crippen molar-refractivity contribution >= 4 is 23.3 Å². The Morgan fingerprint density at radius 1 is 1.18 bits per heavy atom. The Kier molecular flexibility index (Phi) is 5.45. The van der Waals surface area contributed by atoms with Gasteiger partial charge in [0.05, 0.1) is 5.38 Å². The molecule has 0 aliphatic heterocycles. The first-order chi connectivity index (χ1) is 10.5. The maximum absolute atomic E-state index is 10.7. The van der Waals surface area contributed by atoms with Gasteiger partial charge in [0, 0.05) is 31.8 Å². The summed E-state index contributed by atoms with van der Waals surface area (Å²) in [6.07, 6.45) is 0.500. The summed E-state index contributed by atoms with van der Waals surface area (Å²) in [4.78, 5) is 12.7. The predicted molar refractivity (Wildman–Crippen MR) is 91.7 cm³/mol. The van der Waals surface area contributed by atoms with Crippen molar-refractivity contribution in [2.24, 2.45) is 0 Å². The molecule has 2 aromatic rings. The molecule has 0 heterocycles. The van der Waals surface area contributed by atoms with Crippen LogP contribution in [0.5, 0.6) is 0 Å². The van der Waals surface area contributed by atoms with Gasteiger partial charge in [0.15, 0.2) is 0 Å². The molecule has 0 fully saturated rings. The van der Waals surface area contributed by atoms with Gasteiger partial charge in [-0.1, -0.05) is 42.5 Å². The topological polar surface area (TPSA) is 40.5 Å². The minimum atomic E-state index is -0.820. The number of nitrogens with zero attached hydrogens (tertiary/aromatic N) is 1. The van der Waals surface area contributed by atoms with Crippen molar-refractivity contribution in [3.05, 3.63) is 54.1 Å². The van der Waals surface area contributed by atoms with E-state index in [4.69, 9.17) is 16.7 Å². The molecule has 116 valence electrons. The molecule has 4 heteroatoms. The average molecular weight is 318 g/mol. The fraction of sp³-hybridized carbons (Fsp3) is 0.278. The summed E-state index contributed by atoms with van der Waals surface area (Å²) in [5.41, 5.74) is 4.31. The van der Waals surface area contributed by atoms with Crippen LogP contribution in [0.1, 0.15) is 23.8 Å². The third kappa shape index (κ3) is 4.01. The van der Waals surface area contributed by atoms with Crippen molar-refractivity contribution < 1.29 is 9.90 Å². The molecule has 0 saturated carbocycles. The summed E-state index contributed by atoms with van der Waals surface area (Å²) in [5, 5.41) is 8.49. The Morgan fingerprint density at radius 3 is 2.45 bits per heavy atom. The molecule has 22 heavy (non-hydrogen) atoms. The Labute approximate surface area is 136 Å². The summed E-state index contributed by atoms with van der Waals surface area (Å²) in [6.45, 7) is 0. The third-order valence-corrected chi connectivity index (χ3v) is 4.03. The summed E-state index contributed by atoms with van der Waals surface area (Å²) >= 11 is 6.34. The number of halogens is 1. The number of carbonyl (C=O) groups is 1. The van der Waals surface area contributed by atoms with Gasteiger partial charge in [0.2, 0.25) is 0 Å². The Morgan fingerprint density at radius 2 is 1.86 bits per heavy atom. The standard InChI is InChI=1S/C18H20ClNO2/c1-20(2)17-12-14(16(19)10-11-18(21)22)8-9-15(17)13-6-4-3-5-7-13/h3-9,12,16H,10-11H2,1-2H3,(H,21,22). The molecular weight excluding hydrogens is 298 g/mol. The zero-order chi connectivity index (χ0) is 16.1. The molecule has 0 radical (unpaired) electrons. The number of alkyl halides is 1. The molecule has 2 aromatic carbocycles. The van der Waals surface area contributed by atoms with Gasteiger partial charge < -0.3 is 10.0 Å². The largest absolute Gasteiger partial charge is 0.481 e. The first kappa shape index (κ1) is 16.4. The fourth-order valence-electron chi connectivity index (χ4n) is 2.39. The SMILES string of the molecule is CN(C)c1cc(C(Cl)CCC(=O)O)ccc1-c1ccccc1. The third-order valence-electron chi connectivity index (χ3n) is 3.56. The second-order valence-electron chi connectivity index (χ2n) is 5.44. The first-order valence-electron chi connectivity index (χ1n) is 7.21. The maximum atomic E-state index is 10.7. The Bertz CT molecular complexity index is 641. The van der Waals surface area contributed by atoms with E-state index in [-0.39, 0.29) is 11.8 Å². The number of rotatable bonds is 6. The van der Waals surface area contributed by atoms with Gasteiger partial charge in [0.1, 0.15) is 0 Å². The van der Waals surface area contributed by atoms with E-state index in [0.717, 1.165) is 22.4 Å². The van der Waals surface area contributed by atoms with Crippen LogP contribution >= 0.6 is 11.6 Å². The van der Waals surface area contributed by atoms with Crippen molar-refractivity contribution in [1.29, 1.82) is 0 Å². The van der Waals surface area contributed by atoms with Crippen LogP contribution in [0.15, 0.2) is 48.5 Å². The van der Waals surface area contributed by atoms with Crippen molar-refractivity contribution in [2.75, 3.05) is 19.0 Å². The van der Waals surface area contributed by atoms with E-state index in [0.29, 0.717) is 6.42 Å². The van der Waals surface area contributed by atoms with Gasteiger partial charge in [-0.05, 0) is 23.6 Å². The highest BCUT2D eigenvalue weighted by atomic mass is 35.5. The van der Waals surface area contributed by atoms with E-state index in [2.05, 4.69) is 18.2 Å². The van der Waals surface area contributed by atoms with Crippen LogP contribution in [0.3, 0.4) is 0 Å². The number of aliphatic carboxylic acids is 1. The van der Waals surface area contributed by atoms with Crippen LogP contribution < -0.4 is 4.90 Å². The molecule has 0 aromatic heterocycles. The molecule has 3 nitrogen and oxygen atoms in total. The van der Waals surface area contributed by atoms with Crippen LogP contribution in [0.25, 0.3) is 11.1 Å². The summed E-state index contributed by atoms with van der Waals surface area (Å²) in [6, 6.07) is 16.2. The lowest BCUT2D eigenvalue weighted by Crippen LogP contribution is -2.11. The molecule has 0 aliphatic carbocycles. The molecule has 0 bridgehead atoms. The zero-order valence-corrected chi connectivity index (χ0v) is 13.5. The quantitative estimate of drug-likeness (QED) is 0.794. The number of carboxylic acids is 1. The molecule has 0 spiro atoms. The number of anilines is 1. The molecule has 1 atom stereocenters. The molecule has 0 saturated heterocycles. The molecule has 1 N–H and O–H groups in total. The van der Waals surface area contributed by atoms with Crippen molar-refractivity contribution in [1.82, 2.24) is 0 Å². The van der Waals surface area contributed by atoms with E-state index >= 15 is 0 Å². The van der Waals surface area contributed by atoms with Crippen LogP contribution in [0, 0.1) is 0 Å². The first-order valence-corrected chi connectivity index (χ1v) is 7.65. The van der Waals surface area contributed by atoms with E-state index < -0.39 is 5.97 Å². The van der Waals surface area contributed by atoms with Crippen molar-refractivity contribution in [2.45, 2.75) is 18.2 Å². The monoisotopic (exact) mass is 317 g/mol.